The van der Waals surface area contributed by atoms with E-state index in [1.54, 1.807) is 0 Å². The van der Waals surface area contributed by atoms with Crippen LogP contribution in [0.3, 0.4) is 0 Å². The number of benzene rings is 9. The number of nitrogens with zero attached hydrogens (tertiary/aromatic N) is 2. The van der Waals surface area contributed by atoms with Crippen molar-refractivity contribution in [1.82, 2.24) is 9.13 Å². The highest BCUT2D eigenvalue weighted by atomic mass is 16.3. The van der Waals surface area contributed by atoms with E-state index in [4.69, 9.17) is 4.42 Å². The Kier molecular flexibility index (Phi) is 5.11. The minimum absolute atomic E-state index is 0.895. The van der Waals surface area contributed by atoms with Gasteiger partial charge in [0.15, 0.2) is 0 Å². The van der Waals surface area contributed by atoms with Crippen LogP contribution in [0.5, 0.6) is 0 Å². The Hall–Kier alpha value is -7.10. The molecule has 3 heterocycles. The Bertz CT molecular complexity index is 3560. The lowest BCUT2D eigenvalue weighted by Gasteiger charge is -2.15. The van der Waals surface area contributed by atoms with Gasteiger partial charge in [-0.3, -0.25) is 0 Å². The fraction of sp³-hybridized carbons (Fsp3) is 0. The average Bonchev–Trinajstić information content (AvgIpc) is 3.95. The molecule has 13 rings (SSSR count). The minimum Gasteiger partial charge on any atom is -0.456 e. The van der Waals surface area contributed by atoms with E-state index < -0.39 is 0 Å². The summed E-state index contributed by atoms with van der Waals surface area (Å²) in [6.45, 7) is 0. The van der Waals surface area contributed by atoms with Crippen LogP contribution in [0, 0.1) is 0 Å². The summed E-state index contributed by atoms with van der Waals surface area (Å²) in [5.74, 6) is 0. The second kappa shape index (κ2) is 9.81. The van der Waals surface area contributed by atoms with Crippen molar-refractivity contribution in [1.29, 1.82) is 0 Å². The van der Waals surface area contributed by atoms with Crippen LogP contribution in [0.2, 0.25) is 0 Å². The van der Waals surface area contributed by atoms with Crippen molar-refractivity contribution in [3.63, 3.8) is 0 Å². The predicted molar refractivity (Wildman–Crippen MR) is 222 cm³/mol. The predicted octanol–water partition coefficient (Wildman–Crippen LogP) is 13.7. The summed E-state index contributed by atoms with van der Waals surface area (Å²) in [5.41, 5.74) is 14.0. The first-order valence-corrected chi connectivity index (χ1v) is 18.3. The summed E-state index contributed by atoms with van der Waals surface area (Å²) >= 11 is 0. The summed E-state index contributed by atoms with van der Waals surface area (Å²) in [6.07, 6.45) is 0. The molecule has 0 unspecified atom stereocenters. The van der Waals surface area contributed by atoms with Crippen molar-refractivity contribution >= 4 is 87.1 Å². The van der Waals surface area contributed by atoms with E-state index in [1.807, 2.05) is 0 Å². The second-order valence-corrected chi connectivity index (χ2v) is 14.4. The molecule has 0 radical (unpaired) electrons. The second-order valence-electron chi connectivity index (χ2n) is 14.4. The normalized spacial score (nSPS) is 12.5. The average molecular weight is 673 g/mol. The van der Waals surface area contributed by atoms with Crippen molar-refractivity contribution in [3.8, 4) is 33.6 Å². The Morgan fingerprint density at radius 2 is 0.981 bits per heavy atom. The SMILES string of the molecule is c1ccc2c(-n3c4ccccc4c4ccc5c6ccc7oc8ccccc8c7c6n(-c6ccc7c(c6)-c6cccc8cccc-7c68)c5c43)cccc2c1. The molecular formula is C50H28N2O. The van der Waals surface area contributed by atoms with Gasteiger partial charge in [0, 0.05) is 38.0 Å². The Morgan fingerprint density at radius 1 is 0.340 bits per heavy atom. The molecule has 0 spiro atoms. The molecule has 9 aromatic carbocycles. The lowest BCUT2D eigenvalue weighted by atomic mass is 10.0. The maximum atomic E-state index is 6.56. The van der Waals surface area contributed by atoms with Crippen molar-refractivity contribution in [2.24, 2.45) is 0 Å². The summed E-state index contributed by atoms with van der Waals surface area (Å²) < 4.78 is 11.6. The molecule has 3 nitrogen and oxygen atoms in total. The van der Waals surface area contributed by atoms with E-state index in [0.29, 0.717) is 0 Å². The fourth-order valence-electron chi connectivity index (χ4n) is 9.67. The van der Waals surface area contributed by atoms with Gasteiger partial charge in [-0.2, -0.15) is 0 Å². The largest absolute Gasteiger partial charge is 0.456 e. The maximum Gasteiger partial charge on any atom is 0.137 e. The molecule has 0 saturated carbocycles. The molecule has 12 aromatic rings. The van der Waals surface area contributed by atoms with E-state index in [0.717, 1.165) is 27.6 Å². The minimum atomic E-state index is 0.895. The van der Waals surface area contributed by atoms with Gasteiger partial charge in [-0.1, -0.05) is 127 Å². The molecule has 0 fully saturated rings. The Balaban J connectivity index is 1.27. The van der Waals surface area contributed by atoms with Crippen LogP contribution in [0.4, 0.5) is 0 Å². The number of para-hydroxylation sites is 2. The van der Waals surface area contributed by atoms with Crippen molar-refractivity contribution < 1.29 is 4.42 Å². The molecule has 0 N–H and O–H groups in total. The first kappa shape index (κ1) is 27.6. The zero-order chi connectivity index (χ0) is 34.4. The number of fused-ring (bicyclic) bond motifs is 15. The zero-order valence-corrected chi connectivity index (χ0v) is 28.5. The first-order chi connectivity index (χ1) is 26.3. The van der Waals surface area contributed by atoms with Crippen molar-refractivity contribution in [2.75, 3.05) is 0 Å². The summed E-state index contributed by atoms with van der Waals surface area (Å²) in [4.78, 5) is 0. The highest BCUT2D eigenvalue weighted by Gasteiger charge is 2.27. The zero-order valence-electron chi connectivity index (χ0n) is 28.5. The smallest absolute Gasteiger partial charge is 0.137 e. The third-order valence-corrected chi connectivity index (χ3v) is 11.8. The third-order valence-electron chi connectivity index (χ3n) is 11.8. The molecule has 0 aliphatic heterocycles. The first-order valence-electron chi connectivity index (χ1n) is 18.3. The molecule has 1 aliphatic rings. The van der Waals surface area contributed by atoms with Crippen molar-refractivity contribution in [3.05, 3.63) is 170 Å². The van der Waals surface area contributed by atoms with E-state index in [-0.39, 0.29) is 0 Å². The van der Waals surface area contributed by atoms with Crippen molar-refractivity contribution in [2.45, 2.75) is 0 Å². The van der Waals surface area contributed by atoms with E-state index in [1.165, 1.54) is 93.1 Å². The van der Waals surface area contributed by atoms with Gasteiger partial charge in [0.2, 0.25) is 0 Å². The molecular weight excluding hydrogens is 645 g/mol. The number of rotatable bonds is 2. The third kappa shape index (κ3) is 3.44. The van der Waals surface area contributed by atoms with Gasteiger partial charge in [-0.15, -0.1) is 0 Å². The molecule has 1 aliphatic carbocycles. The molecule has 0 atom stereocenters. The number of hydrogen-bond acceptors (Lipinski definition) is 1. The molecule has 0 bridgehead atoms. The number of furan rings is 1. The fourth-order valence-corrected chi connectivity index (χ4v) is 9.67. The molecule has 3 heteroatoms. The molecule has 0 saturated heterocycles. The van der Waals surface area contributed by atoms with Crippen LogP contribution >= 0.6 is 0 Å². The quantitative estimate of drug-likeness (QED) is 0.179. The lowest BCUT2D eigenvalue weighted by molar-refractivity contribution is 0.669. The van der Waals surface area contributed by atoms with Crippen LogP contribution in [0.25, 0.3) is 121 Å². The van der Waals surface area contributed by atoms with Gasteiger partial charge in [0.25, 0.3) is 0 Å². The Morgan fingerprint density at radius 3 is 1.87 bits per heavy atom. The summed E-state index contributed by atoms with van der Waals surface area (Å²) in [7, 11) is 0. The van der Waals surface area contributed by atoms with E-state index in [9.17, 15) is 0 Å². The van der Waals surface area contributed by atoms with Crippen LogP contribution in [0.1, 0.15) is 0 Å². The summed E-state index contributed by atoms with van der Waals surface area (Å²) in [5, 5.41) is 12.2. The van der Waals surface area contributed by atoms with Crippen LogP contribution in [-0.4, -0.2) is 9.13 Å². The van der Waals surface area contributed by atoms with E-state index in [2.05, 4.69) is 179 Å². The monoisotopic (exact) mass is 672 g/mol. The van der Waals surface area contributed by atoms with Gasteiger partial charge in [-0.05, 0) is 80.9 Å². The van der Waals surface area contributed by atoms with Gasteiger partial charge >= 0.3 is 0 Å². The maximum absolute atomic E-state index is 6.56. The van der Waals surface area contributed by atoms with Crippen LogP contribution in [0.15, 0.2) is 174 Å². The topological polar surface area (TPSA) is 23.0 Å². The highest BCUT2D eigenvalue weighted by molar-refractivity contribution is 6.30. The van der Waals surface area contributed by atoms with Crippen LogP contribution in [-0.2, 0) is 0 Å². The van der Waals surface area contributed by atoms with Gasteiger partial charge in [0.1, 0.15) is 11.2 Å². The molecule has 244 valence electrons. The number of hydrogen-bond donors (Lipinski definition) is 0. The highest BCUT2D eigenvalue weighted by Crippen LogP contribution is 2.50. The van der Waals surface area contributed by atoms with E-state index >= 15 is 0 Å². The van der Waals surface area contributed by atoms with Gasteiger partial charge in [-0.25, -0.2) is 0 Å². The Labute approximate surface area is 303 Å². The molecule has 3 aromatic heterocycles. The number of aromatic nitrogens is 2. The molecule has 0 amide bonds. The molecule has 53 heavy (non-hydrogen) atoms. The van der Waals surface area contributed by atoms with Crippen LogP contribution < -0.4 is 0 Å². The lowest BCUT2D eigenvalue weighted by Crippen LogP contribution is -2.00. The van der Waals surface area contributed by atoms with Gasteiger partial charge in [0.05, 0.1) is 33.1 Å². The van der Waals surface area contributed by atoms with Gasteiger partial charge < -0.3 is 13.6 Å². The summed E-state index contributed by atoms with van der Waals surface area (Å²) in [6, 6.07) is 62.3. The standard InChI is InChI=1S/C50H28N2O/c1-2-14-32-29(10-1)11-9-20-42(32)52-43-19-5-3-15-34(43)37-24-25-39-38-26-27-45-47(40-16-4-6-21-44(40)53-45)48(38)51(49(39)50(37)52)31-22-23-33-35-17-7-12-30-13-8-18-36(46(30)35)41(33)28-31/h1-28H.